The lowest BCUT2D eigenvalue weighted by molar-refractivity contribution is 0.444. The van der Waals surface area contributed by atoms with Gasteiger partial charge in [0.2, 0.25) is 0 Å². The first kappa shape index (κ1) is 11.8. The molecule has 0 bridgehead atoms. The molecule has 16 heavy (non-hydrogen) atoms. The van der Waals surface area contributed by atoms with Gasteiger partial charge in [0.1, 0.15) is 11.6 Å². The molecule has 1 fully saturated rings. The molecule has 0 unspecified atom stereocenters. The molecule has 1 aromatic rings. The first-order valence-electron chi connectivity index (χ1n) is 5.57. The van der Waals surface area contributed by atoms with Crippen LogP contribution in [0.2, 0.25) is 10.0 Å². The number of halogens is 2. The predicted molar refractivity (Wildman–Crippen MR) is 69.7 cm³/mol. The van der Waals surface area contributed by atoms with Crippen molar-refractivity contribution >= 4 is 34.8 Å². The van der Waals surface area contributed by atoms with E-state index in [9.17, 15) is 0 Å². The Kier molecular flexibility index (Phi) is 3.77. The molecule has 88 valence electrons. The van der Waals surface area contributed by atoms with E-state index in [0.29, 0.717) is 21.9 Å². The van der Waals surface area contributed by atoms with Gasteiger partial charge in [-0.2, -0.15) is 0 Å². The number of pyridine rings is 1. The summed E-state index contributed by atoms with van der Waals surface area (Å²) in [6.45, 7) is 2.79. The molecule has 0 aliphatic heterocycles. The maximum absolute atomic E-state index is 6.09. The van der Waals surface area contributed by atoms with Gasteiger partial charge in [0.25, 0.3) is 0 Å². The summed E-state index contributed by atoms with van der Waals surface area (Å²) >= 11 is 12.1. The van der Waals surface area contributed by atoms with Gasteiger partial charge in [0, 0.05) is 12.6 Å². The van der Waals surface area contributed by atoms with Crippen LogP contribution in [0.3, 0.4) is 0 Å². The Balaban J connectivity index is 2.18. The van der Waals surface area contributed by atoms with E-state index < -0.39 is 0 Å². The fraction of sp³-hybridized carbons (Fsp3) is 0.545. The van der Waals surface area contributed by atoms with Gasteiger partial charge < -0.3 is 10.6 Å². The molecule has 1 aromatic heterocycles. The first-order chi connectivity index (χ1) is 7.70. The van der Waals surface area contributed by atoms with Crippen molar-refractivity contribution in [3.05, 3.63) is 16.1 Å². The van der Waals surface area contributed by atoms with Gasteiger partial charge in [-0.05, 0) is 32.3 Å². The highest BCUT2D eigenvalue weighted by Gasteiger charge is 2.19. The summed E-state index contributed by atoms with van der Waals surface area (Å²) in [6.07, 6.45) is 3.66. The third-order valence-corrected chi connectivity index (χ3v) is 3.30. The van der Waals surface area contributed by atoms with Crippen LogP contribution >= 0.6 is 23.2 Å². The number of aromatic nitrogens is 1. The SMILES string of the molecule is CCNc1nc(NC2CCC2)c(Cl)cc1Cl. The minimum absolute atomic E-state index is 0.514. The minimum Gasteiger partial charge on any atom is -0.369 e. The number of anilines is 2. The van der Waals surface area contributed by atoms with Crippen LogP contribution in [-0.4, -0.2) is 17.6 Å². The van der Waals surface area contributed by atoms with Crippen molar-refractivity contribution in [2.75, 3.05) is 17.2 Å². The van der Waals surface area contributed by atoms with Gasteiger partial charge >= 0.3 is 0 Å². The van der Waals surface area contributed by atoms with Crippen molar-refractivity contribution < 1.29 is 0 Å². The highest BCUT2D eigenvalue weighted by atomic mass is 35.5. The molecule has 0 spiro atoms. The Bertz CT molecular complexity index is 378. The van der Waals surface area contributed by atoms with Crippen molar-refractivity contribution in [3.8, 4) is 0 Å². The van der Waals surface area contributed by atoms with Crippen LogP contribution in [0.5, 0.6) is 0 Å². The summed E-state index contributed by atoms with van der Waals surface area (Å²) in [5, 5.41) is 7.59. The highest BCUT2D eigenvalue weighted by molar-refractivity contribution is 6.37. The van der Waals surface area contributed by atoms with Crippen molar-refractivity contribution in [3.63, 3.8) is 0 Å². The molecule has 1 saturated carbocycles. The van der Waals surface area contributed by atoms with Gasteiger partial charge in [-0.25, -0.2) is 4.98 Å². The van der Waals surface area contributed by atoms with Gasteiger partial charge in [-0.3, -0.25) is 0 Å². The molecule has 2 N–H and O–H groups in total. The van der Waals surface area contributed by atoms with Gasteiger partial charge in [0.05, 0.1) is 10.0 Å². The molecular weight excluding hydrogens is 245 g/mol. The summed E-state index contributed by atoms with van der Waals surface area (Å²) in [5.41, 5.74) is 0. The van der Waals surface area contributed by atoms with Gasteiger partial charge in [-0.1, -0.05) is 23.2 Å². The van der Waals surface area contributed by atoms with E-state index in [0.717, 1.165) is 12.4 Å². The summed E-state index contributed by atoms with van der Waals surface area (Å²) in [5.74, 6) is 1.42. The monoisotopic (exact) mass is 259 g/mol. The molecule has 1 aliphatic rings. The van der Waals surface area contributed by atoms with Crippen LogP contribution in [0.15, 0.2) is 6.07 Å². The van der Waals surface area contributed by atoms with E-state index in [1.165, 1.54) is 19.3 Å². The summed E-state index contributed by atoms with van der Waals surface area (Å²) in [7, 11) is 0. The average molecular weight is 260 g/mol. The molecule has 0 aromatic carbocycles. The number of rotatable bonds is 4. The fourth-order valence-electron chi connectivity index (χ4n) is 1.61. The van der Waals surface area contributed by atoms with E-state index in [-0.39, 0.29) is 0 Å². The number of nitrogens with zero attached hydrogens (tertiary/aromatic N) is 1. The molecule has 1 aliphatic carbocycles. The molecule has 1 heterocycles. The molecule has 0 atom stereocenters. The standard InChI is InChI=1S/C11H15Cl2N3/c1-2-14-10-8(12)6-9(13)11(16-10)15-7-4-3-5-7/h6-7H,2-5H2,1H3,(H2,14,15,16). The van der Waals surface area contributed by atoms with Crippen molar-refractivity contribution in [2.24, 2.45) is 0 Å². The Labute approximate surface area is 106 Å². The van der Waals surface area contributed by atoms with Crippen LogP contribution in [0.25, 0.3) is 0 Å². The van der Waals surface area contributed by atoms with Crippen molar-refractivity contribution in [1.82, 2.24) is 4.98 Å². The quantitative estimate of drug-likeness (QED) is 0.864. The van der Waals surface area contributed by atoms with E-state index in [2.05, 4.69) is 15.6 Å². The van der Waals surface area contributed by atoms with Crippen LogP contribution in [0.1, 0.15) is 26.2 Å². The third-order valence-electron chi connectivity index (χ3n) is 2.72. The van der Waals surface area contributed by atoms with E-state index in [1.54, 1.807) is 6.07 Å². The van der Waals surface area contributed by atoms with E-state index in [1.807, 2.05) is 6.92 Å². The maximum atomic E-state index is 6.09. The number of hydrogen-bond donors (Lipinski definition) is 2. The number of hydrogen-bond acceptors (Lipinski definition) is 3. The largest absolute Gasteiger partial charge is 0.369 e. The van der Waals surface area contributed by atoms with Crippen LogP contribution < -0.4 is 10.6 Å². The zero-order valence-corrected chi connectivity index (χ0v) is 10.7. The molecular formula is C11H15Cl2N3. The van der Waals surface area contributed by atoms with E-state index in [4.69, 9.17) is 23.2 Å². The predicted octanol–water partition coefficient (Wildman–Crippen LogP) is 3.78. The van der Waals surface area contributed by atoms with Crippen LogP contribution in [0.4, 0.5) is 11.6 Å². The van der Waals surface area contributed by atoms with E-state index >= 15 is 0 Å². The van der Waals surface area contributed by atoms with Gasteiger partial charge in [-0.15, -0.1) is 0 Å². The Morgan fingerprint density at radius 1 is 1.31 bits per heavy atom. The normalized spacial score (nSPS) is 15.7. The third kappa shape index (κ3) is 2.53. The summed E-state index contributed by atoms with van der Waals surface area (Å²) < 4.78 is 0. The van der Waals surface area contributed by atoms with Crippen LogP contribution in [-0.2, 0) is 0 Å². The fourth-order valence-corrected chi connectivity index (χ4v) is 2.09. The molecule has 5 heteroatoms. The summed E-state index contributed by atoms with van der Waals surface area (Å²) in [6, 6.07) is 2.25. The first-order valence-corrected chi connectivity index (χ1v) is 6.32. The van der Waals surface area contributed by atoms with Crippen molar-refractivity contribution in [1.29, 1.82) is 0 Å². The second-order valence-electron chi connectivity index (χ2n) is 3.95. The lowest BCUT2D eigenvalue weighted by Crippen LogP contribution is -2.27. The molecule has 0 saturated heterocycles. The smallest absolute Gasteiger partial charge is 0.147 e. The lowest BCUT2D eigenvalue weighted by Gasteiger charge is -2.27. The Morgan fingerprint density at radius 3 is 2.56 bits per heavy atom. The van der Waals surface area contributed by atoms with Crippen molar-refractivity contribution in [2.45, 2.75) is 32.2 Å². The molecule has 2 rings (SSSR count). The molecule has 0 amide bonds. The highest BCUT2D eigenvalue weighted by Crippen LogP contribution is 2.31. The number of nitrogens with one attached hydrogen (secondary N) is 2. The average Bonchev–Trinajstić information content (AvgIpc) is 2.18. The molecule has 3 nitrogen and oxygen atoms in total. The van der Waals surface area contributed by atoms with Crippen LogP contribution in [0, 0.1) is 0 Å². The molecule has 0 radical (unpaired) electrons. The minimum atomic E-state index is 0.514. The maximum Gasteiger partial charge on any atom is 0.147 e. The Morgan fingerprint density at radius 2 is 2.00 bits per heavy atom. The van der Waals surface area contributed by atoms with Gasteiger partial charge in [0.15, 0.2) is 0 Å². The topological polar surface area (TPSA) is 37.0 Å². The second kappa shape index (κ2) is 5.11. The summed E-state index contributed by atoms with van der Waals surface area (Å²) in [4.78, 5) is 4.40. The zero-order chi connectivity index (χ0) is 11.5. The second-order valence-corrected chi connectivity index (χ2v) is 4.77. The Hall–Kier alpha value is -0.670. The lowest BCUT2D eigenvalue weighted by atomic mass is 9.93. The zero-order valence-electron chi connectivity index (χ0n) is 9.19.